The van der Waals surface area contributed by atoms with E-state index in [1.54, 1.807) is 6.26 Å². The summed E-state index contributed by atoms with van der Waals surface area (Å²) in [6.07, 6.45) is 4.60. The Morgan fingerprint density at radius 3 is 3.05 bits per heavy atom. The van der Waals surface area contributed by atoms with Gasteiger partial charge in [0.05, 0.1) is 12.3 Å². The maximum absolute atomic E-state index is 12.0. The summed E-state index contributed by atoms with van der Waals surface area (Å²) < 4.78 is 5.44. The lowest BCUT2D eigenvalue weighted by molar-refractivity contribution is -0.122. The van der Waals surface area contributed by atoms with E-state index in [2.05, 4.69) is 15.5 Å². The van der Waals surface area contributed by atoms with Crippen molar-refractivity contribution in [2.45, 2.75) is 25.3 Å². The molecule has 1 aliphatic rings. The monoisotopic (exact) mass is 279 g/mol. The number of nitrogens with one attached hydrogen (secondary N) is 2. The van der Waals surface area contributed by atoms with Crippen LogP contribution in [-0.2, 0) is 4.79 Å². The Labute approximate surface area is 120 Å². The number of nitrogens with zero attached hydrogens (tertiary/aromatic N) is 1. The molecule has 1 aromatic heterocycles. The predicted molar refractivity (Wildman–Crippen MR) is 78.4 cm³/mol. The Morgan fingerprint density at radius 2 is 2.45 bits per heavy atom. The van der Waals surface area contributed by atoms with Crippen LogP contribution < -0.4 is 10.6 Å². The molecule has 1 aliphatic heterocycles. The van der Waals surface area contributed by atoms with Crippen LogP contribution >= 0.6 is 0 Å². The number of amides is 1. The Hall–Kier alpha value is -1.33. The maximum Gasteiger partial charge on any atom is 0.220 e. The first-order valence-electron chi connectivity index (χ1n) is 7.34. The molecule has 0 radical (unpaired) electrons. The largest absolute Gasteiger partial charge is 0.468 e. The standard InChI is InChI=1S/C15H25N3O2/c1-18(2)13(14-6-4-8-20-14)11-17-15(19)9-12-5-3-7-16-10-12/h4,6,8,12-13,16H,3,5,7,9-11H2,1-2H3,(H,17,19). The lowest BCUT2D eigenvalue weighted by atomic mass is 9.96. The minimum atomic E-state index is 0.0819. The molecule has 1 fully saturated rings. The number of likely N-dealkylation sites (N-methyl/N-ethyl adjacent to an activating group) is 1. The summed E-state index contributed by atoms with van der Waals surface area (Å²) in [5.74, 6) is 1.50. The zero-order valence-electron chi connectivity index (χ0n) is 12.4. The van der Waals surface area contributed by atoms with E-state index >= 15 is 0 Å². The van der Waals surface area contributed by atoms with E-state index < -0.39 is 0 Å². The Morgan fingerprint density at radius 1 is 1.60 bits per heavy atom. The van der Waals surface area contributed by atoms with E-state index in [9.17, 15) is 4.79 Å². The van der Waals surface area contributed by atoms with Gasteiger partial charge >= 0.3 is 0 Å². The van der Waals surface area contributed by atoms with Gasteiger partial charge in [0.1, 0.15) is 5.76 Å². The van der Waals surface area contributed by atoms with Crippen molar-refractivity contribution in [1.29, 1.82) is 0 Å². The molecule has 5 nitrogen and oxygen atoms in total. The van der Waals surface area contributed by atoms with E-state index in [1.807, 2.05) is 26.2 Å². The minimum Gasteiger partial charge on any atom is -0.468 e. The van der Waals surface area contributed by atoms with Crippen molar-refractivity contribution >= 4 is 5.91 Å². The molecule has 2 unspecified atom stereocenters. The normalized spacial score (nSPS) is 20.9. The molecule has 0 aliphatic carbocycles. The summed E-state index contributed by atoms with van der Waals surface area (Å²) in [5, 5.41) is 6.37. The lowest BCUT2D eigenvalue weighted by Gasteiger charge is -2.24. The van der Waals surface area contributed by atoms with Crippen molar-refractivity contribution in [3.05, 3.63) is 24.2 Å². The van der Waals surface area contributed by atoms with E-state index in [0.717, 1.165) is 25.3 Å². The van der Waals surface area contributed by atoms with Crippen molar-refractivity contribution in [3.8, 4) is 0 Å². The molecule has 2 rings (SSSR count). The van der Waals surface area contributed by atoms with Crippen molar-refractivity contribution in [1.82, 2.24) is 15.5 Å². The average molecular weight is 279 g/mol. The van der Waals surface area contributed by atoms with Crippen molar-refractivity contribution in [2.75, 3.05) is 33.7 Å². The molecule has 1 saturated heterocycles. The van der Waals surface area contributed by atoms with Crippen molar-refractivity contribution in [2.24, 2.45) is 5.92 Å². The highest BCUT2D eigenvalue weighted by Gasteiger charge is 2.20. The quantitative estimate of drug-likeness (QED) is 0.826. The summed E-state index contributed by atoms with van der Waals surface area (Å²) in [4.78, 5) is 14.1. The van der Waals surface area contributed by atoms with Gasteiger partial charge in [-0.2, -0.15) is 0 Å². The molecule has 2 heterocycles. The van der Waals surface area contributed by atoms with E-state index in [-0.39, 0.29) is 11.9 Å². The highest BCUT2D eigenvalue weighted by Crippen LogP contribution is 2.18. The second kappa shape index (κ2) is 7.45. The van der Waals surface area contributed by atoms with Crippen molar-refractivity contribution < 1.29 is 9.21 Å². The molecule has 5 heteroatoms. The number of carbonyl (C=O) groups is 1. The third kappa shape index (κ3) is 4.35. The van der Waals surface area contributed by atoms with Gasteiger partial charge in [-0.1, -0.05) is 0 Å². The molecule has 1 amide bonds. The summed E-state index contributed by atoms with van der Waals surface area (Å²) in [6.45, 7) is 2.63. The molecule has 2 atom stereocenters. The smallest absolute Gasteiger partial charge is 0.220 e. The highest BCUT2D eigenvalue weighted by atomic mass is 16.3. The van der Waals surface area contributed by atoms with Gasteiger partial charge in [0.25, 0.3) is 0 Å². The summed E-state index contributed by atoms with van der Waals surface area (Å²) in [5.41, 5.74) is 0. The summed E-state index contributed by atoms with van der Waals surface area (Å²) >= 11 is 0. The molecule has 0 spiro atoms. The molecule has 0 bridgehead atoms. The molecule has 20 heavy (non-hydrogen) atoms. The van der Waals surface area contributed by atoms with Crippen LogP contribution in [0.15, 0.2) is 22.8 Å². The van der Waals surface area contributed by atoms with Crippen LogP contribution in [0.5, 0.6) is 0 Å². The van der Waals surface area contributed by atoms with Gasteiger partial charge in [-0.05, 0) is 58.1 Å². The number of piperidine rings is 1. The predicted octanol–water partition coefficient (Wildman–Crippen LogP) is 1.39. The third-order valence-corrected chi connectivity index (χ3v) is 3.86. The number of carbonyl (C=O) groups excluding carboxylic acids is 1. The van der Waals surface area contributed by atoms with Gasteiger partial charge in [0, 0.05) is 13.0 Å². The fraction of sp³-hybridized carbons (Fsp3) is 0.667. The lowest BCUT2D eigenvalue weighted by Crippen LogP contribution is -2.37. The SMILES string of the molecule is CN(C)C(CNC(=O)CC1CCCNC1)c1ccco1. The zero-order chi connectivity index (χ0) is 14.4. The van der Waals surface area contributed by atoms with E-state index in [1.165, 1.54) is 6.42 Å². The number of hydrogen-bond donors (Lipinski definition) is 2. The molecule has 2 N–H and O–H groups in total. The zero-order valence-corrected chi connectivity index (χ0v) is 12.4. The Kier molecular flexibility index (Phi) is 5.61. The Bertz CT molecular complexity index is 397. The van der Waals surface area contributed by atoms with Crippen LogP contribution in [0.4, 0.5) is 0 Å². The highest BCUT2D eigenvalue weighted by molar-refractivity contribution is 5.76. The second-order valence-electron chi connectivity index (χ2n) is 5.72. The van der Waals surface area contributed by atoms with E-state index in [4.69, 9.17) is 4.42 Å². The Balaban J connectivity index is 1.78. The maximum atomic E-state index is 12.0. The molecule has 1 aromatic rings. The van der Waals surface area contributed by atoms with Gasteiger partial charge in [-0.3, -0.25) is 9.69 Å². The first kappa shape index (κ1) is 15.1. The van der Waals surface area contributed by atoms with Crippen LogP contribution in [0.2, 0.25) is 0 Å². The van der Waals surface area contributed by atoms with Crippen LogP contribution in [0.1, 0.15) is 31.1 Å². The van der Waals surface area contributed by atoms with Crippen molar-refractivity contribution in [3.63, 3.8) is 0 Å². The first-order valence-corrected chi connectivity index (χ1v) is 7.34. The second-order valence-corrected chi connectivity index (χ2v) is 5.72. The third-order valence-electron chi connectivity index (χ3n) is 3.86. The minimum absolute atomic E-state index is 0.0819. The fourth-order valence-electron chi connectivity index (χ4n) is 2.66. The summed E-state index contributed by atoms with van der Waals surface area (Å²) in [7, 11) is 3.98. The molecule has 0 saturated carbocycles. The van der Waals surface area contributed by atoms with Gasteiger partial charge in [0.15, 0.2) is 0 Å². The summed E-state index contributed by atoms with van der Waals surface area (Å²) in [6, 6.07) is 3.90. The number of rotatable bonds is 6. The van der Waals surface area contributed by atoms with Gasteiger partial charge in [-0.25, -0.2) is 0 Å². The van der Waals surface area contributed by atoms with E-state index in [0.29, 0.717) is 18.9 Å². The molecular formula is C15H25N3O2. The van der Waals surface area contributed by atoms with Gasteiger partial charge in [0.2, 0.25) is 5.91 Å². The van der Waals surface area contributed by atoms with Crippen LogP contribution in [0, 0.1) is 5.92 Å². The molecule has 112 valence electrons. The van der Waals surface area contributed by atoms with Crippen LogP contribution in [0.3, 0.4) is 0 Å². The fourth-order valence-corrected chi connectivity index (χ4v) is 2.66. The average Bonchev–Trinajstić information content (AvgIpc) is 2.93. The first-order chi connectivity index (χ1) is 9.66. The van der Waals surface area contributed by atoms with Crippen LogP contribution in [0.25, 0.3) is 0 Å². The van der Waals surface area contributed by atoms with Crippen LogP contribution in [-0.4, -0.2) is 44.5 Å². The molecular weight excluding hydrogens is 254 g/mol. The van der Waals surface area contributed by atoms with Gasteiger partial charge in [-0.15, -0.1) is 0 Å². The number of hydrogen-bond acceptors (Lipinski definition) is 4. The topological polar surface area (TPSA) is 57.5 Å². The molecule has 0 aromatic carbocycles. The number of furan rings is 1. The van der Waals surface area contributed by atoms with Gasteiger partial charge < -0.3 is 15.1 Å².